The maximum atomic E-state index is 12.8. The minimum Gasteiger partial charge on any atom is -0.462 e. The maximum absolute atomic E-state index is 12.8. The summed E-state index contributed by atoms with van der Waals surface area (Å²) >= 11 is 6.17. The number of rotatable bonds is 9. The zero-order valence-electron chi connectivity index (χ0n) is 18.6. The summed E-state index contributed by atoms with van der Waals surface area (Å²) in [7, 11) is -3.44. The Morgan fingerprint density at radius 1 is 1.18 bits per heavy atom. The quantitative estimate of drug-likeness (QED) is 0.531. The third-order valence-electron chi connectivity index (χ3n) is 5.59. The lowest BCUT2D eigenvalue weighted by Gasteiger charge is -2.31. The van der Waals surface area contributed by atoms with Crippen molar-refractivity contribution in [1.82, 2.24) is 4.31 Å². The number of carbonyl (C=O) groups excluding carboxylic acids is 2. The minimum absolute atomic E-state index is 0.0567. The van der Waals surface area contributed by atoms with Crippen LogP contribution in [0.15, 0.2) is 48.5 Å². The van der Waals surface area contributed by atoms with Gasteiger partial charge in [0.25, 0.3) is 0 Å². The van der Waals surface area contributed by atoms with E-state index in [0.717, 1.165) is 5.56 Å². The van der Waals surface area contributed by atoms with Crippen LogP contribution in [0.4, 0.5) is 5.69 Å². The molecule has 0 aromatic heterocycles. The molecule has 1 heterocycles. The molecule has 1 saturated heterocycles. The molecule has 0 radical (unpaired) electrons. The van der Waals surface area contributed by atoms with Crippen LogP contribution < -0.4 is 5.32 Å². The van der Waals surface area contributed by atoms with Gasteiger partial charge in [-0.25, -0.2) is 17.5 Å². The van der Waals surface area contributed by atoms with Crippen molar-refractivity contribution in [3.8, 4) is 0 Å². The van der Waals surface area contributed by atoms with E-state index >= 15 is 0 Å². The van der Waals surface area contributed by atoms with Gasteiger partial charge in [-0.2, -0.15) is 0 Å². The topological polar surface area (TPSA) is 92.8 Å². The van der Waals surface area contributed by atoms with Crippen molar-refractivity contribution in [1.29, 1.82) is 0 Å². The van der Waals surface area contributed by atoms with E-state index in [0.29, 0.717) is 37.9 Å². The van der Waals surface area contributed by atoms with Crippen LogP contribution in [0.25, 0.3) is 0 Å². The fourth-order valence-corrected chi connectivity index (χ4v) is 5.69. The van der Waals surface area contributed by atoms with Gasteiger partial charge in [0.2, 0.25) is 15.9 Å². The van der Waals surface area contributed by atoms with Gasteiger partial charge in [0.05, 0.1) is 28.9 Å². The lowest BCUT2D eigenvalue weighted by Crippen LogP contribution is -2.44. The highest BCUT2D eigenvalue weighted by Crippen LogP contribution is 2.25. The Labute approximate surface area is 200 Å². The second-order valence-electron chi connectivity index (χ2n) is 8.01. The molecule has 0 saturated carbocycles. The first-order valence-electron chi connectivity index (χ1n) is 11.1. The van der Waals surface area contributed by atoms with Gasteiger partial charge in [-0.1, -0.05) is 41.9 Å². The van der Waals surface area contributed by atoms with E-state index in [4.69, 9.17) is 16.3 Å². The van der Waals surface area contributed by atoms with Crippen molar-refractivity contribution in [2.24, 2.45) is 5.92 Å². The number of anilines is 1. The van der Waals surface area contributed by atoms with E-state index in [1.54, 1.807) is 13.0 Å². The molecule has 3 rings (SSSR count). The van der Waals surface area contributed by atoms with Crippen molar-refractivity contribution >= 4 is 39.2 Å². The van der Waals surface area contributed by atoms with Gasteiger partial charge in [-0.05, 0) is 56.4 Å². The number of amides is 1. The Kier molecular flexibility index (Phi) is 8.88. The van der Waals surface area contributed by atoms with Crippen LogP contribution in [0, 0.1) is 5.92 Å². The number of carbonyl (C=O) groups is 2. The molecule has 178 valence electrons. The number of nitrogens with zero attached hydrogens (tertiary/aromatic N) is 1. The predicted octanol–water partition coefficient (Wildman–Crippen LogP) is 4.13. The summed E-state index contributed by atoms with van der Waals surface area (Å²) in [6.45, 7) is 2.53. The van der Waals surface area contributed by atoms with Crippen LogP contribution >= 0.6 is 11.6 Å². The fourth-order valence-electron chi connectivity index (χ4n) is 3.85. The zero-order valence-corrected chi connectivity index (χ0v) is 20.2. The SMILES string of the molecule is CCOC(=O)c1ccc(NC(=O)C2CCCN(S(=O)(=O)CCCc3ccccc3)C2)cc1Cl. The van der Waals surface area contributed by atoms with Crippen molar-refractivity contribution in [3.05, 3.63) is 64.7 Å². The lowest BCUT2D eigenvalue weighted by molar-refractivity contribution is -0.120. The second-order valence-corrected chi connectivity index (χ2v) is 10.5. The molecule has 0 bridgehead atoms. The van der Waals surface area contributed by atoms with E-state index in [1.165, 1.54) is 16.4 Å². The van der Waals surface area contributed by atoms with E-state index in [2.05, 4.69) is 5.32 Å². The number of sulfonamides is 1. The summed E-state index contributed by atoms with van der Waals surface area (Å²) in [4.78, 5) is 24.7. The van der Waals surface area contributed by atoms with Crippen molar-refractivity contribution in [2.75, 3.05) is 30.8 Å². The number of aryl methyl sites for hydroxylation is 1. The molecule has 1 aliphatic rings. The lowest BCUT2D eigenvalue weighted by atomic mass is 9.98. The van der Waals surface area contributed by atoms with Gasteiger partial charge >= 0.3 is 5.97 Å². The first kappa shape index (κ1) is 25.2. The van der Waals surface area contributed by atoms with Gasteiger partial charge in [0, 0.05) is 18.8 Å². The monoisotopic (exact) mass is 492 g/mol. The molecule has 1 atom stereocenters. The van der Waals surface area contributed by atoms with Gasteiger partial charge in [0.1, 0.15) is 0 Å². The summed E-state index contributed by atoms with van der Waals surface area (Å²) in [5, 5.41) is 2.97. The maximum Gasteiger partial charge on any atom is 0.339 e. The average Bonchev–Trinajstić information content (AvgIpc) is 2.80. The molecule has 7 nitrogen and oxygen atoms in total. The largest absolute Gasteiger partial charge is 0.462 e. The molecule has 1 aliphatic heterocycles. The van der Waals surface area contributed by atoms with Crippen LogP contribution in [0.2, 0.25) is 5.02 Å². The molecule has 1 amide bonds. The standard InChI is InChI=1S/C24H29ClN2O5S/c1-2-32-24(29)21-13-12-20(16-22(21)25)26-23(28)19-11-6-14-27(17-19)33(30,31)15-7-10-18-8-4-3-5-9-18/h3-5,8-9,12-13,16,19H,2,6-7,10-11,14-15,17H2,1H3,(H,26,28). The number of esters is 1. The molecule has 9 heteroatoms. The van der Waals surface area contributed by atoms with Gasteiger partial charge in [-0.15, -0.1) is 0 Å². The third-order valence-corrected chi connectivity index (χ3v) is 7.83. The molecule has 0 spiro atoms. The molecular weight excluding hydrogens is 464 g/mol. The molecule has 1 unspecified atom stereocenters. The highest BCUT2D eigenvalue weighted by Gasteiger charge is 2.32. The minimum atomic E-state index is -3.44. The fraction of sp³-hybridized carbons (Fsp3) is 0.417. The molecule has 2 aromatic rings. The molecule has 1 fully saturated rings. The Hall–Kier alpha value is -2.42. The zero-order chi connectivity index (χ0) is 23.8. The Balaban J connectivity index is 1.56. The third kappa shape index (κ3) is 7.03. The number of halogens is 1. The highest BCUT2D eigenvalue weighted by atomic mass is 35.5. The predicted molar refractivity (Wildman–Crippen MR) is 129 cm³/mol. The number of hydrogen-bond donors (Lipinski definition) is 1. The smallest absolute Gasteiger partial charge is 0.339 e. The number of piperidine rings is 1. The summed E-state index contributed by atoms with van der Waals surface area (Å²) in [5.41, 5.74) is 1.78. The number of ether oxygens (including phenoxy) is 1. The summed E-state index contributed by atoms with van der Waals surface area (Å²) < 4.78 is 32.1. The summed E-state index contributed by atoms with van der Waals surface area (Å²) in [6.07, 6.45) is 2.46. The van der Waals surface area contributed by atoms with Gasteiger partial charge < -0.3 is 10.1 Å². The molecule has 1 N–H and O–H groups in total. The first-order chi connectivity index (χ1) is 15.8. The number of hydrogen-bond acceptors (Lipinski definition) is 5. The summed E-state index contributed by atoms with van der Waals surface area (Å²) in [5.74, 6) is -1.19. The number of benzene rings is 2. The van der Waals surface area contributed by atoms with Crippen molar-refractivity contribution < 1.29 is 22.7 Å². The van der Waals surface area contributed by atoms with Crippen LogP contribution in [0.1, 0.15) is 42.1 Å². The first-order valence-corrected chi connectivity index (χ1v) is 13.1. The van der Waals surface area contributed by atoms with Crippen LogP contribution in [0.5, 0.6) is 0 Å². The molecule has 33 heavy (non-hydrogen) atoms. The Morgan fingerprint density at radius 3 is 2.64 bits per heavy atom. The van der Waals surface area contributed by atoms with Gasteiger partial charge in [-0.3, -0.25) is 4.79 Å². The second kappa shape index (κ2) is 11.6. The normalized spacial score (nSPS) is 16.8. The van der Waals surface area contributed by atoms with E-state index in [1.807, 2.05) is 30.3 Å². The van der Waals surface area contributed by atoms with Crippen LogP contribution in [0.3, 0.4) is 0 Å². The summed E-state index contributed by atoms with van der Waals surface area (Å²) in [6, 6.07) is 14.4. The van der Waals surface area contributed by atoms with E-state index in [-0.39, 0.29) is 35.4 Å². The molecule has 0 aliphatic carbocycles. The van der Waals surface area contributed by atoms with E-state index in [9.17, 15) is 18.0 Å². The van der Waals surface area contributed by atoms with Gasteiger partial charge in [0.15, 0.2) is 0 Å². The Bertz CT molecular complexity index is 1080. The average molecular weight is 493 g/mol. The number of nitrogens with one attached hydrogen (secondary N) is 1. The molecular formula is C24H29ClN2O5S. The highest BCUT2D eigenvalue weighted by molar-refractivity contribution is 7.89. The van der Waals surface area contributed by atoms with Crippen LogP contribution in [-0.2, 0) is 26.0 Å². The molecule has 2 aromatic carbocycles. The van der Waals surface area contributed by atoms with Crippen molar-refractivity contribution in [3.63, 3.8) is 0 Å². The van der Waals surface area contributed by atoms with E-state index < -0.39 is 21.9 Å². The Morgan fingerprint density at radius 2 is 1.94 bits per heavy atom. The van der Waals surface area contributed by atoms with Crippen LogP contribution in [-0.4, -0.2) is 50.0 Å². The van der Waals surface area contributed by atoms with Crippen molar-refractivity contribution in [2.45, 2.75) is 32.6 Å².